The van der Waals surface area contributed by atoms with E-state index in [1.165, 1.54) is 0 Å². The van der Waals surface area contributed by atoms with Crippen molar-refractivity contribution in [1.29, 1.82) is 0 Å². The largest absolute Gasteiger partial charge is 0.365 e. The number of epoxide rings is 1. The van der Waals surface area contributed by atoms with Crippen molar-refractivity contribution in [3.8, 4) is 0 Å². The third-order valence-electron chi connectivity index (χ3n) is 1.98. The van der Waals surface area contributed by atoms with Gasteiger partial charge in [-0.3, -0.25) is 0 Å². The highest BCUT2D eigenvalue weighted by molar-refractivity contribution is 5.24. The molecule has 0 bridgehead atoms. The van der Waals surface area contributed by atoms with E-state index in [-0.39, 0.29) is 5.60 Å². The molecule has 58 valence electrons. The van der Waals surface area contributed by atoms with E-state index in [1.54, 1.807) is 10.9 Å². The van der Waals surface area contributed by atoms with Gasteiger partial charge in [0, 0.05) is 18.0 Å². The Labute approximate surface area is 65.3 Å². The van der Waals surface area contributed by atoms with Crippen LogP contribution in [0.1, 0.15) is 12.5 Å². The predicted molar refractivity (Wildman–Crippen MR) is 41.9 cm³/mol. The molecule has 11 heavy (non-hydrogen) atoms. The van der Waals surface area contributed by atoms with E-state index < -0.39 is 0 Å². The highest BCUT2D eigenvalue weighted by atomic mass is 16.6. The van der Waals surface area contributed by atoms with Crippen LogP contribution in [0.25, 0.3) is 6.20 Å². The molecule has 1 aromatic rings. The van der Waals surface area contributed by atoms with Crippen LogP contribution in [0.5, 0.6) is 0 Å². The molecule has 1 saturated heterocycles. The lowest BCUT2D eigenvalue weighted by atomic mass is 10.1. The normalized spacial score (nSPS) is 28.5. The van der Waals surface area contributed by atoms with E-state index in [0.29, 0.717) is 0 Å². The summed E-state index contributed by atoms with van der Waals surface area (Å²) in [4.78, 5) is 0. The number of nitrogens with zero attached hydrogens (tertiary/aromatic N) is 2. The van der Waals surface area contributed by atoms with Crippen molar-refractivity contribution in [3.63, 3.8) is 0 Å². The highest BCUT2D eigenvalue weighted by Gasteiger charge is 2.42. The Morgan fingerprint density at radius 1 is 1.91 bits per heavy atom. The average Bonchev–Trinajstić information content (AvgIpc) is 2.61. The average molecular weight is 150 g/mol. The van der Waals surface area contributed by atoms with E-state index in [9.17, 15) is 0 Å². The maximum absolute atomic E-state index is 5.25. The molecule has 1 unspecified atom stereocenters. The summed E-state index contributed by atoms with van der Waals surface area (Å²) in [7, 11) is 0. The molecule has 3 heteroatoms. The SMILES string of the molecule is C=Cn1cc(C2(C)CO2)cn1. The molecule has 1 atom stereocenters. The third-order valence-corrected chi connectivity index (χ3v) is 1.98. The van der Waals surface area contributed by atoms with Gasteiger partial charge in [-0.15, -0.1) is 0 Å². The molecule has 1 fully saturated rings. The third kappa shape index (κ3) is 0.973. The van der Waals surface area contributed by atoms with E-state index in [4.69, 9.17) is 4.74 Å². The minimum absolute atomic E-state index is 0.0682. The van der Waals surface area contributed by atoms with Gasteiger partial charge in [0.25, 0.3) is 0 Å². The van der Waals surface area contributed by atoms with Crippen LogP contribution in [0, 0.1) is 0 Å². The summed E-state index contributed by atoms with van der Waals surface area (Å²) in [6.45, 7) is 6.46. The van der Waals surface area contributed by atoms with Crippen molar-refractivity contribution in [2.24, 2.45) is 0 Å². The van der Waals surface area contributed by atoms with Crippen LogP contribution in [0.15, 0.2) is 19.0 Å². The lowest BCUT2D eigenvalue weighted by Crippen LogP contribution is -1.99. The van der Waals surface area contributed by atoms with Crippen LogP contribution >= 0.6 is 0 Å². The number of ether oxygens (including phenoxy) is 1. The van der Waals surface area contributed by atoms with Gasteiger partial charge >= 0.3 is 0 Å². The Hall–Kier alpha value is -1.09. The van der Waals surface area contributed by atoms with Crippen LogP contribution in [-0.2, 0) is 10.3 Å². The van der Waals surface area contributed by atoms with Crippen LogP contribution in [-0.4, -0.2) is 16.4 Å². The molecule has 3 nitrogen and oxygen atoms in total. The van der Waals surface area contributed by atoms with E-state index >= 15 is 0 Å². The fourth-order valence-corrected chi connectivity index (χ4v) is 0.986. The monoisotopic (exact) mass is 150 g/mol. The van der Waals surface area contributed by atoms with Gasteiger partial charge in [0.15, 0.2) is 0 Å². The van der Waals surface area contributed by atoms with E-state index in [2.05, 4.69) is 18.6 Å². The molecule has 0 aromatic carbocycles. The zero-order valence-corrected chi connectivity index (χ0v) is 6.45. The molecule has 2 rings (SSSR count). The summed E-state index contributed by atoms with van der Waals surface area (Å²) >= 11 is 0. The lowest BCUT2D eigenvalue weighted by molar-refractivity contribution is 0.329. The van der Waals surface area contributed by atoms with Gasteiger partial charge < -0.3 is 4.74 Å². The van der Waals surface area contributed by atoms with Crippen molar-refractivity contribution < 1.29 is 4.74 Å². The van der Waals surface area contributed by atoms with Crippen molar-refractivity contribution in [1.82, 2.24) is 9.78 Å². The standard InChI is InChI=1S/C8H10N2O/c1-3-10-5-7(4-9-10)8(2)6-11-8/h3-5H,1,6H2,2H3. The maximum atomic E-state index is 5.25. The highest BCUT2D eigenvalue weighted by Crippen LogP contribution is 2.37. The molecule has 0 aliphatic carbocycles. The Bertz CT molecular complexity index is 286. The number of aromatic nitrogens is 2. The summed E-state index contributed by atoms with van der Waals surface area (Å²) in [6, 6.07) is 0. The molecule has 1 aliphatic rings. The van der Waals surface area contributed by atoms with Gasteiger partial charge in [-0.1, -0.05) is 6.58 Å². The number of hydrogen-bond donors (Lipinski definition) is 0. The summed E-state index contributed by atoms with van der Waals surface area (Å²) in [5.74, 6) is 0. The van der Waals surface area contributed by atoms with Crippen LogP contribution in [0.3, 0.4) is 0 Å². The van der Waals surface area contributed by atoms with Gasteiger partial charge in [-0.2, -0.15) is 5.10 Å². The van der Waals surface area contributed by atoms with Gasteiger partial charge in [0.2, 0.25) is 0 Å². The molecule has 1 aliphatic heterocycles. The quantitative estimate of drug-likeness (QED) is 0.593. The Morgan fingerprint density at radius 3 is 3.09 bits per heavy atom. The van der Waals surface area contributed by atoms with Crippen molar-refractivity contribution >= 4 is 6.20 Å². The van der Waals surface area contributed by atoms with Gasteiger partial charge in [-0.25, -0.2) is 4.68 Å². The molecule has 1 aromatic heterocycles. The smallest absolute Gasteiger partial charge is 0.117 e. The first-order valence-electron chi connectivity index (χ1n) is 3.56. The second-order valence-electron chi connectivity index (χ2n) is 2.91. The minimum Gasteiger partial charge on any atom is -0.365 e. The van der Waals surface area contributed by atoms with E-state index in [0.717, 1.165) is 12.2 Å². The zero-order valence-electron chi connectivity index (χ0n) is 6.45. The Balaban J connectivity index is 2.32. The van der Waals surface area contributed by atoms with Crippen molar-refractivity contribution in [2.45, 2.75) is 12.5 Å². The van der Waals surface area contributed by atoms with Crippen LogP contribution < -0.4 is 0 Å². The maximum Gasteiger partial charge on any atom is 0.117 e. The molecular weight excluding hydrogens is 140 g/mol. The molecule has 0 spiro atoms. The fraction of sp³-hybridized carbons (Fsp3) is 0.375. The van der Waals surface area contributed by atoms with Gasteiger partial charge in [-0.05, 0) is 6.92 Å². The minimum atomic E-state index is -0.0682. The van der Waals surface area contributed by atoms with Crippen molar-refractivity contribution in [2.75, 3.05) is 6.61 Å². The lowest BCUT2D eigenvalue weighted by Gasteiger charge is -1.96. The van der Waals surface area contributed by atoms with Crippen LogP contribution in [0.4, 0.5) is 0 Å². The Kier molecular flexibility index (Phi) is 1.17. The van der Waals surface area contributed by atoms with E-state index in [1.807, 2.05) is 12.4 Å². The summed E-state index contributed by atoms with van der Waals surface area (Å²) in [5.41, 5.74) is 1.05. The molecule has 0 saturated carbocycles. The Morgan fingerprint density at radius 2 is 2.64 bits per heavy atom. The number of hydrogen-bond acceptors (Lipinski definition) is 2. The first-order chi connectivity index (χ1) is 5.24. The number of rotatable bonds is 2. The van der Waals surface area contributed by atoms with Crippen molar-refractivity contribution in [3.05, 3.63) is 24.5 Å². The second kappa shape index (κ2) is 1.95. The molecule has 0 radical (unpaired) electrons. The molecular formula is C8H10N2O. The van der Waals surface area contributed by atoms with Gasteiger partial charge in [0.1, 0.15) is 5.60 Å². The molecule has 2 heterocycles. The van der Waals surface area contributed by atoms with Gasteiger partial charge in [0.05, 0.1) is 12.8 Å². The zero-order chi connectivity index (χ0) is 7.90. The predicted octanol–water partition coefficient (Wildman–Crippen LogP) is 1.23. The summed E-state index contributed by atoms with van der Waals surface area (Å²) in [6.07, 6.45) is 5.41. The fourth-order valence-electron chi connectivity index (χ4n) is 0.986. The topological polar surface area (TPSA) is 30.4 Å². The second-order valence-corrected chi connectivity index (χ2v) is 2.91. The molecule has 0 amide bonds. The first-order valence-corrected chi connectivity index (χ1v) is 3.56. The summed E-state index contributed by atoms with van der Waals surface area (Å²) < 4.78 is 6.94. The van der Waals surface area contributed by atoms with Crippen LogP contribution in [0.2, 0.25) is 0 Å². The molecule has 0 N–H and O–H groups in total. The first kappa shape index (κ1) is 6.61. The summed E-state index contributed by atoms with van der Waals surface area (Å²) in [5, 5.41) is 4.06.